The molecular weight excluding hydrogens is 246 g/mol. The van der Waals surface area contributed by atoms with Crippen molar-refractivity contribution in [2.75, 3.05) is 18.0 Å². The molecule has 3 atom stereocenters. The van der Waals surface area contributed by atoms with Gasteiger partial charge in [0.05, 0.1) is 17.6 Å². The molecule has 1 aliphatic rings. The van der Waals surface area contributed by atoms with Gasteiger partial charge in [-0.15, -0.1) is 0 Å². The summed E-state index contributed by atoms with van der Waals surface area (Å²) in [6.45, 7) is 11.2. The Kier molecular flexibility index (Phi) is 5.41. The van der Waals surface area contributed by atoms with E-state index in [9.17, 15) is 0 Å². The van der Waals surface area contributed by atoms with Gasteiger partial charge < -0.3 is 10.2 Å². The van der Waals surface area contributed by atoms with Gasteiger partial charge in [-0.2, -0.15) is 0 Å². The van der Waals surface area contributed by atoms with Gasteiger partial charge in [-0.05, 0) is 50.8 Å². The third-order valence-corrected chi connectivity index (χ3v) is 4.44. The van der Waals surface area contributed by atoms with Crippen LogP contribution in [0.1, 0.15) is 58.7 Å². The van der Waals surface area contributed by atoms with Gasteiger partial charge >= 0.3 is 0 Å². The van der Waals surface area contributed by atoms with Gasteiger partial charge in [-0.3, -0.25) is 4.98 Å². The lowest BCUT2D eigenvalue weighted by Crippen LogP contribution is -2.41. The molecule has 20 heavy (non-hydrogen) atoms. The molecule has 0 aliphatic carbocycles. The van der Waals surface area contributed by atoms with Crippen LogP contribution >= 0.6 is 0 Å². The molecule has 112 valence electrons. The summed E-state index contributed by atoms with van der Waals surface area (Å²) in [4.78, 5) is 7.21. The molecule has 0 radical (unpaired) electrons. The van der Waals surface area contributed by atoms with E-state index < -0.39 is 0 Å². The summed E-state index contributed by atoms with van der Waals surface area (Å²) in [6.07, 6.45) is 5.78. The molecule has 0 aromatic carbocycles. The monoisotopic (exact) mass is 275 g/mol. The molecule has 2 heterocycles. The number of hydrogen-bond acceptors (Lipinski definition) is 3. The number of piperidine rings is 1. The Morgan fingerprint density at radius 3 is 2.70 bits per heavy atom. The summed E-state index contributed by atoms with van der Waals surface area (Å²) in [5.41, 5.74) is 2.44. The predicted molar refractivity (Wildman–Crippen MR) is 86.2 cm³/mol. The van der Waals surface area contributed by atoms with Crippen LogP contribution in [0.2, 0.25) is 0 Å². The lowest BCUT2D eigenvalue weighted by Gasteiger charge is -2.38. The molecule has 1 saturated heterocycles. The largest absolute Gasteiger partial charge is 0.367 e. The second-order valence-electron chi connectivity index (χ2n) is 6.14. The van der Waals surface area contributed by atoms with Crippen LogP contribution in [0.5, 0.6) is 0 Å². The average molecular weight is 275 g/mol. The second-order valence-corrected chi connectivity index (χ2v) is 6.14. The van der Waals surface area contributed by atoms with Crippen LogP contribution in [0.4, 0.5) is 5.69 Å². The fourth-order valence-corrected chi connectivity index (χ4v) is 3.13. The van der Waals surface area contributed by atoms with Crippen LogP contribution < -0.4 is 10.2 Å². The fourth-order valence-electron chi connectivity index (χ4n) is 3.13. The predicted octanol–water partition coefficient (Wildman–Crippen LogP) is 3.77. The molecule has 1 aromatic heterocycles. The zero-order valence-electron chi connectivity index (χ0n) is 13.4. The van der Waals surface area contributed by atoms with E-state index in [0.717, 1.165) is 31.1 Å². The maximum Gasteiger partial charge on any atom is 0.0574 e. The lowest BCUT2D eigenvalue weighted by molar-refractivity contribution is 0.390. The van der Waals surface area contributed by atoms with Crippen LogP contribution in [-0.4, -0.2) is 24.1 Å². The van der Waals surface area contributed by atoms with Gasteiger partial charge in [0.15, 0.2) is 0 Å². The molecular formula is C17H29N3. The molecule has 0 spiro atoms. The highest BCUT2D eigenvalue weighted by molar-refractivity contribution is 5.46. The van der Waals surface area contributed by atoms with E-state index in [0.29, 0.717) is 12.1 Å². The van der Waals surface area contributed by atoms with Crippen molar-refractivity contribution in [1.29, 1.82) is 0 Å². The third-order valence-electron chi connectivity index (χ3n) is 4.44. The highest BCUT2D eigenvalue weighted by Crippen LogP contribution is 2.27. The van der Waals surface area contributed by atoms with Gasteiger partial charge in [-0.25, -0.2) is 0 Å². The maximum atomic E-state index is 4.70. The second kappa shape index (κ2) is 7.07. The van der Waals surface area contributed by atoms with Gasteiger partial charge in [-0.1, -0.05) is 20.8 Å². The van der Waals surface area contributed by atoms with E-state index in [1.54, 1.807) is 0 Å². The molecule has 1 aliphatic heterocycles. The fraction of sp³-hybridized carbons (Fsp3) is 0.706. The minimum absolute atomic E-state index is 0.381. The average Bonchev–Trinajstić information content (AvgIpc) is 2.47. The smallest absolute Gasteiger partial charge is 0.0574 e. The number of hydrogen-bond donors (Lipinski definition) is 1. The molecule has 3 heteroatoms. The van der Waals surface area contributed by atoms with Gasteiger partial charge in [0.1, 0.15) is 0 Å². The van der Waals surface area contributed by atoms with Crippen molar-refractivity contribution >= 4 is 5.69 Å². The summed E-state index contributed by atoms with van der Waals surface area (Å²) in [5, 5.41) is 3.49. The van der Waals surface area contributed by atoms with Crippen LogP contribution in [-0.2, 0) is 0 Å². The first-order valence-corrected chi connectivity index (χ1v) is 8.11. The molecule has 0 saturated carbocycles. The number of nitrogens with one attached hydrogen (secondary N) is 1. The molecule has 2 rings (SSSR count). The Balaban J connectivity index is 2.10. The maximum absolute atomic E-state index is 4.70. The van der Waals surface area contributed by atoms with Crippen molar-refractivity contribution < 1.29 is 0 Å². The first-order valence-electron chi connectivity index (χ1n) is 8.11. The summed E-state index contributed by atoms with van der Waals surface area (Å²) >= 11 is 0. The third kappa shape index (κ3) is 3.51. The molecule has 0 bridgehead atoms. The van der Waals surface area contributed by atoms with Crippen molar-refractivity contribution in [2.45, 2.75) is 59.0 Å². The Hall–Kier alpha value is -1.09. The van der Waals surface area contributed by atoms with Crippen LogP contribution in [0.25, 0.3) is 0 Å². The van der Waals surface area contributed by atoms with Gasteiger partial charge in [0.2, 0.25) is 0 Å². The Bertz CT molecular complexity index is 401. The Labute approximate surface area is 123 Å². The Morgan fingerprint density at radius 2 is 2.10 bits per heavy atom. The highest BCUT2D eigenvalue weighted by atomic mass is 15.2. The summed E-state index contributed by atoms with van der Waals surface area (Å²) in [5.74, 6) is 0.788. The highest BCUT2D eigenvalue weighted by Gasteiger charge is 2.23. The first kappa shape index (κ1) is 15.3. The zero-order chi connectivity index (χ0) is 14.5. The van der Waals surface area contributed by atoms with Crippen molar-refractivity contribution in [3.05, 3.63) is 24.0 Å². The minimum atomic E-state index is 0.381. The number of rotatable bonds is 5. The molecule has 3 nitrogen and oxygen atoms in total. The quantitative estimate of drug-likeness (QED) is 0.886. The van der Waals surface area contributed by atoms with E-state index in [1.807, 2.05) is 0 Å². The van der Waals surface area contributed by atoms with Crippen molar-refractivity contribution in [1.82, 2.24) is 10.3 Å². The molecule has 3 unspecified atom stereocenters. The topological polar surface area (TPSA) is 28.2 Å². The van der Waals surface area contributed by atoms with Crippen molar-refractivity contribution in [2.24, 2.45) is 5.92 Å². The molecule has 1 N–H and O–H groups in total. The summed E-state index contributed by atoms with van der Waals surface area (Å²) < 4.78 is 0. The number of anilines is 1. The van der Waals surface area contributed by atoms with Crippen molar-refractivity contribution in [3.8, 4) is 0 Å². The van der Waals surface area contributed by atoms with E-state index in [-0.39, 0.29) is 0 Å². The van der Waals surface area contributed by atoms with E-state index in [2.05, 4.69) is 56.2 Å². The van der Waals surface area contributed by atoms with Crippen LogP contribution in [0, 0.1) is 5.92 Å². The van der Waals surface area contributed by atoms with Crippen LogP contribution in [0.3, 0.4) is 0 Å². The minimum Gasteiger partial charge on any atom is -0.367 e. The number of pyridine rings is 1. The summed E-state index contributed by atoms with van der Waals surface area (Å²) in [7, 11) is 0. The van der Waals surface area contributed by atoms with Gasteiger partial charge in [0, 0.05) is 18.6 Å². The van der Waals surface area contributed by atoms with Crippen LogP contribution in [0.15, 0.2) is 18.3 Å². The van der Waals surface area contributed by atoms with E-state index in [1.165, 1.54) is 18.5 Å². The molecule has 1 fully saturated rings. The standard InChI is InChI=1S/C17H29N3/c1-5-16(18-6-2)17-10-9-15(11-19-17)20-12-13(3)7-8-14(20)4/h9-11,13-14,16,18H,5-8,12H2,1-4H3. The SMILES string of the molecule is CCNC(CC)c1ccc(N2CC(C)CCC2C)cn1. The van der Waals surface area contributed by atoms with Gasteiger partial charge in [0.25, 0.3) is 0 Å². The number of nitrogens with zero attached hydrogens (tertiary/aromatic N) is 2. The number of aromatic nitrogens is 1. The van der Waals surface area contributed by atoms with E-state index in [4.69, 9.17) is 4.98 Å². The molecule has 0 amide bonds. The Morgan fingerprint density at radius 1 is 1.30 bits per heavy atom. The lowest BCUT2D eigenvalue weighted by atomic mass is 9.94. The van der Waals surface area contributed by atoms with E-state index >= 15 is 0 Å². The summed E-state index contributed by atoms with van der Waals surface area (Å²) in [6, 6.07) is 5.45. The first-order chi connectivity index (χ1) is 9.65. The normalized spacial score (nSPS) is 24.7. The zero-order valence-corrected chi connectivity index (χ0v) is 13.4. The van der Waals surface area contributed by atoms with Crippen molar-refractivity contribution in [3.63, 3.8) is 0 Å². The molecule has 1 aromatic rings.